The monoisotopic (exact) mass is 1850 g/mol. The second kappa shape index (κ2) is 38.3. The molecule has 0 unspecified atom stereocenters. The van der Waals surface area contributed by atoms with Gasteiger partial charge in [0.25, 0.3) is 0 Å². The molecule has 24 aromatic rings. The van der Waals surface area contributed by atoms with Crippen LogP contribution < -0.4 is 13.6 Å². The molecule has 128 heavy (non-hydrogen) atoms. The van der Waals surface area contributed by atoms with Crippen LogP contribution in [-0.2, 0) is 20.1 Å². The van der Waals surface area contributed by atoms with Gasteiger partial charge in [0, 0.05) is 127 Å². The summed E-state index contributed by atoms with van der Waals surface area (Å²) in [5, 5.41) is 13.6. The van der Waals surface area contributed by atoms with E-state index in [1.54, 1.807) is 12.4 Å². The van der Waals surface area contributed by atoms with E-state index >= 15 is 0 Å². The summed E-state index contributed by atoms with van der Waals surface area (Å²) in [6, 6.07) is 165. The van der Waals surface area contributed by atoms with E-state index in [1.807, 2.05) is 145 Å². The van der Waals surface area contributed by atoms with Crippen molar-refractivity contribution in [3.63, 3.8) is 0 Å². The number of nitrogens with zero attached hydrogens (tertiary/aromatic N) is 8. The van der Waals surface area contributed by atoms with E-state index < -0.39 is 0 Å². The minimum Gasteiger partial charge on any atom is -0.649 e. The van der Waals surface area contributed by atoms with Gasteiger partial charge in [-0.2, -0.15) is 0 Å². The largest absolute Gasteiger partial charge is 0.649 e. The van der Waals surface area contributed by atoms with Crippen molar-refractivity contribution in [2.24, 2.45) is 0 Å². The van der Waals surface area contributed by atoms with Gasteiger partial charge in [0.15, 0.2) is 5.82 Å². The summed E-state index contributed by atoms with van der Waals surface area (Å²) in [5.74, 6) is 1.83. The Balaban J connectivity index is 0.000000115. The minimum absolute atomic E-state index is 0. The van der Waals surface area contributed by atoms with Crippen molar-refractivity contribution in [2.45, 2.75) is 0 Å². The van der Waals surface area contributed by atoms with Gasteiger partial charge in [-0.05, 0) is 178 Å². The Labute approximate surface area is 768 Å². The van der Waals surface area contributed by atoms with Gasteiger partial charge in [0.1, 0.15) is 11.3 Å². The molecule has 0 aliphatic rings. The van der Waals surface area contributed by atoms with E-state index in [0.29, 0.717) is 0 Å². The van der Waals surface area contributed by atoms with Crippen molar-refractivity contribution in [1.29, 1.82) is 0 Å². The summed E-state index contributed by atoms with van der Waals surface area (Å²) in [6.45, 7) is 0. The van der Waals surface area contributed by atoms with E-state index in [9.17, 15) is 0 Å². The third-order valence-corrected chi connectivity index (χ3v) is 24.4. The molecule has 0 spiro atoms. The Morgan fingerprint density at radius 3 is 1.24 bits per heavy atom. The van der Waals surface area contributed by atoms with E-state index in [0.717, 1.165) is 79.1 Å². The van der Waals surface area contributed by atoms with Crippen LogP contribution in [0.15, 0.2) is 480 Å². The third kappa shape index (κ3) is 17.1. The van der Waals surface area contributed by atoms with Crippen LogP contribution in [-0.4, -0.2) is 45.7 Å². The normalized spacial score (nSPS) is 10.9. The summed E-state index contributed by atoms with van der Waals surface area (Å²) >= 11 is 3.29. The predicted molar refractivity (Wildman–Crippen MR) is 534 cm³/mol. The first kappa shape index (κ1) is 82.1. The number of benzene rings is 17. The summed E-state index contributed by atoms with van der Waals surface area (Å²) in [6.07, 6.45) is 7.36. The zero-order valence-electron chi connectivity index (χ0n) is 69.5. The Hall–Kier alpha value is -15.5. The zero-order chi connectivity index (χ0) is 85.0. The number of aromatic nitrogens is 6. The molecule has 0 saturated heterocycles. The average molecular weight is 1850 g/mol. The van der Waals surface area contributed by atoms with Gasteiger partial charge in [0.2, 0.25) is 0 Å². The number of thiophene rings is 1. The number of hydrogen-bond donors (Lipinski definition) is 0. The number of anilines is 6. The molecule has 17 aromatic carbocycles. The van der Waals surface area contributed by atoms with Gasteiger partial charge in [0.05, 0.1) is 38.1 Å². The topological polar surface area (TPSA) is 77.1 Å². The fourth-order valence-electron chi connectivity index (χ4n) is 17.0. The summed E-state index contributed by atoms with van der Waals surface area (Å²) in [4.78, 5) is 22.5. The molecular formula is C116H80AlIrN8OS-2. The van der Waals surface area contributed by atoms with Crippen LogP contribution in [0.4, 0.5) is 34.1 Å². The molecule has 0 aliphatic heterocycles. The smallest absolute Gasteiger partial charge is 0.494 e. The maximum absolute atomic E-state index is 5.19. The molecule has 7 heterocycles. The van der Waals surface area contributed by atoms with Gasteiger partial charge < -0.3 is 28.1 Å². The van der Waals surface area contributed by atoms with Crippen LogP contribution >= 0.6 is 11.3 Å². The second-order valence-electron chi connectivity index (χ2n) is 30.5. The number of rotatable bonds is 13. The molecule has 0 N–H and O–H groups in total. The Morgan fingerprint density at radius 2 is 0.711 bits per heavy atom. The van der Waals surface area contributed by atoms with Gasteiger partial charge in [-0.25, -0.2) is 4.98 Å². The van der Waals surface area contributed by atoms with Crippen molar-refractivity contribution in [1.82, 2.24) is 29.1 Å². The van der Waals surface area contributed by atoms with E-state index in [2.05, 4.69) is 380 Å². The maximum atomic E-state index is 5.19. The first-order chi connectivity index (χ1) is 63.0. The summed E-state index contributed by atoms with van der Waals surface area (Å²) in [7, 11) is 0. The van der Waals surface area contributed by atoms with E-state index in [4.69, 9.17) is 8.77 Å². The van der Waals surface area contributed by atoms with Crippen molar-refractivity contribution in [3.05, 3.63) is 492 Å². The Bertz CT molecular complexity index is 7570. The van der Waals surface area contributed by atoms with Crippen LogP contribution in [0.25, 0.3) is 153 Å². The van der Waals surface area contributed by atoms with Crippen LogP contribution in [0.3, 0.4) is 0 Å². The predicted octanol–water partition coefficient (Wildman–Crippen LogP) is 30.4. The minimum atomic E-state index is 0. The molecule has 0 amide bonds. The van der Waals surface area contributed by atoms with Crippen LogP contribution in [0, 0.1) is 12.1 Å². The number of fused-ring (bicyclic) bond motifs is 12. The zero-order valence-corrected chi connectivity index (χ0v) is 74.2. The van der Waals surface area contributed by atoms with Crippen molar-refractivity contribution in [3.8, 4) is 62.0 Å². The molecule has 9 nitrogen and oxygen atoms in total. The molecule has 0 bridgehead atoms. The van der Waals surface area contributed by atoms with Crippen LogP contribution in [0.1, 0.15) is 0 Å². The SMILES string of the molecule is [AlH][O]c1cccc2cccnc12.[Ir].[c-]1ccccc1-c1cc(-c2ccccc2)ccn1.[c-]1ccccc1-c1ccccn1.c1ccc(N(c2ccc(-c3ccc(N(c4ccccc4)c4cccc5ccccc45)cc3)cc2)c2cccc3ccccc23)cc1.c1ccc2c(c1)c1ccccc1n2-c1ccc2sc3c(-n4c5ccccc5c5ccccc54)nccc3c2c1. The Morgan fingerprint density at radius 1 is 0.281 bits per heavy atom. The number of pyridine rings is 4. The van der Waals surface area contributed by atoms with Gasteiger partial charge in [-0.15, -0.1) is 83.1 Å². The summed E-state index contributed by atoms with van der Waals surface area (Å²) < 4.78 is 12.4. The molecule has 12 heteroatoms. The van der Waals surface area contributed by atoms with Gasteiger partial charge in [-0.3, -0.25) is 9.55 Å². The molecule has 0 atom stereocenters. The first-order valence-electron chi connectivity index (χ1n) is 42.3. The number of hydrogen-bond acceptors (Lipinski definition) is 8. The molecular weight excluding hydrogens is 1770 g/mol. The molecule has 24 rings (SSSR count). The number of para-hydroxylation sites is 7. The Kier molecular flexibility index (Phi) is 24.6. The van der Waals surface area contributed by atoms with Crippen LogP contribution in [0.2, 0.25) is 0 Å². The fraction of sp³-hybridized carbons (Fsp3) is 0. The quantitative estimate of drug-likeness (QED) is 0.0841. The third-order valence-electron chi connectivity index (χ3n) is 22.9. The van der Waals surface area contributed by atoms with Crippen LogP contribution in [0.5, 0.6) is 5.75 Å². The molecule has 610 valence electrons. The molecule has 0 fully saturated rings. The second-order valence-corrected chi connectivity index (χ2v) is 31.8. The average Bonchev–Trinajstić information content (AvgIpc) is 1.57. The molecule has 2 radical (unpaired) electrons. The molecule has 0 aliphatic carbocycles. The molecule has 0 saturated carbocycles. The van der Waals surface area contributed by atoms with E-state index in [-0.39, 0.29) is 20.1 Å². The van der Waals surface area contributed by atoms with Crippen molar-refractivity contribution < 1.29 is 23.9 Å². The summed E-state index contributed by atoms with van der Waals surface area (Å²) in [5.41, 5.74) is 22.5. The molecule has 7 aromatic heterocycles. The fourth-order valence-corrected chi connectivity index (χ4v) is 18.3. The maximum Gasteiger partial charge on any atom is 0.494 e. The van der Waals surface area contributed by atoms with Gasteiger partial charge >= 0.3 is 16.6 Å². The van der Waals surface area contributed by atoms with Gasteiger partial charge in [-0.1, -0.05) is 273 Å². The standard InChI is InChI=1S/C44H32N2.C35H21N3S.C17H12N.C11H8N.C9H7NO.Al.Ir.H/c1-3-17-37(18-4-1)45(43-23-11-15-35-13-7-9-21-41(35)43)39-29-25-33(26-30-39)34-27-31-40(32-28-34)46(38-19-5-2-6-20-38)44-24-12-16-36-14-8-10-22-42(36)44;1-5-13-29-23(9-1)24-10-2-6-14-30(24)37(29)22-17-18-33-28(21-22)27-19-20-36-35(34(27)39-33)38-31-15-7-3-11-25(31)26-12-4-8-16-32(26)38;1-3-7-14(8-4-1)16-11-12-18-17(13-16)15-9-5-2-6-10-15;1-2-6-10(7-3-1)11-8-4-5-9-12-11;11-8-5-1-3-7-4-2-6-10-9(7)8;;;/h1-32H;1-21H;1-9,11-13H;1-6,8-9H;1-6,11H;;;/q;;2*-1;;+1;;/p-1. The van der Waals surface area contributed by atoms with Crippen molar-refractivity contribution in [2.75, 3.05) is 9.80 Å². The first-order valence-corrected chi connectivity index (χ1v) is 43.7. The van der Waals surface area contributed by atoms with E-state index in [1.165, 1.54) is 130 Å². The van der Waals surface area contributed by atoms with Crippen molar-refractivity contribution >= 4 is 158 Å².